The van der Waals surface area contributed by atoms with E-state index in [1.165, 1.54) is 47.9 Å². The van der Waals surface area contributed by atoms with Crippen LogP contribution in [0.4, 0.5) is 0 Å². The minimum atomic E-state index is -0.129. The van der Waals surface area contributed by atoms with Crippen molar-refractivity contribution < 1.29 is 14.3 Å². The van der Waals surface area contributed by atoms with Crippen LogP contribution in [0.15, 0.2) is 97.3 Å². The highest BCUT2D eigenvalue weighted by atomic mass is 16.5. The van der Waals surface area contributed by atoms with E-state index in [1.807, 2.05) is 12.1 Å². The molecule has 6 heteroatoms. The van der Waals surface area contributed by atoms with E-state index in [0.29, 0.717) is 13.0 Å². The fourth-order valence-corrected chi connectivity index (χ4v) is 8.62. The lowest BCUT2D eigenvalue weighted by atomic mass is 9.68. The Morgan fingerprint density at radius 3 is 2.16 bits per heavy atom. The number of carbonyl (C=O) groups is 1. The molecule has 2 heterocycles. The second kappa shape index (κ2) is 16.5. The molecule has 6 rings (SSSR count). The first kappa shape index (κ1) is 34.7. The Morgan fingerprint density at radius 2 is 1.49 bits per heavy atom. The normalized spacial score (nSPS) is 17.8. The summed E-state index contributed by atoms with van der Waals surface area (Å²) < 4.78 is 11.3. The summed E-state index contributed by atoms with van der Waals surface area (Å²) in [5, 5.41) is 3.22. The molecule has 6 nitrogen and oxygen atoms in total. The third-order valence-electron chi connectivity index (χ3n) is 11.3. The largest absolute Gasteiger partial charge is 0.493 e. The van der Waals surface area contributed by atoms with Gasteiger partial charge in [-0.1, -0.05) is 67.1 Å². The first-order chi connectivity index (χ1) is 24.0. The van der Waals surface area contributed by atoms with Gasteiger partial charge >= 0.3 is 0 Å². The van der Waals surface area contributed by atoms with Gasteiger partial charge in [-0.05, 0) is 129 Å². The van der Waals surface area contributed by atoms with Gasteiger partial charge in [-0.2, -0.15) is 0 Å². The summed E-state index contributed by atoms with van der Waals surface area (Å²) in [6.45, 7) is 2.94. The maximum atomic E-state index is 12.8. The molecule has 1 atom stereocenters. The van der Waals surface area contributed by atoms with Gasteiger partial charge in [-0.3, -0.25) is 14.7 Å². The number of nitrogens with zero attached hydrogens (tertiary/aromatic N) is 2. The zero-order chi connectivity index (χ0) is 33.9. The molecule has 1 unspecified atom stereocenters. The standard InChI is InChI=1S/C43H53N3O3/c1-48-39-31-35-19-25-42(33-36(35)32-40(39)49-2)22-9-10-29-46(42)30-12-24-43(37-13-5-3-6-14-37,38-15-7-4-8-16-38)23-11-26-45-41(47)18-17-34-20-27-44-28-21-34/h3-8,13-16,20-21,27-28,31-32H,9-12,17-19,22-26,29-30,33H2,1-2H3,(H,45,47). The number of ether oxygens (including phenoxy) is 2. The highest BCUT2D eigenvalue weighted by Crippen LogP contribution is 2.45. The topological polar surface area (TPSA) is 63.7 Å². The smallest absolute Gasteiger partial charge is 0.220 e. The molecule has 1 amide bonds. The van der Waals surface area contributed by atoms with E-state index in [1.54, 1.807) is 26.6 Å². The molecule has 1 saturated heterocycles. The van der Waals surface area contributed by atoms with E-state index in [4.69, 9.17) is 9.47 Å². The number of likely N-dealkylation sites (tertiary alicyclic amines) is 1. The van der Waals surface area contributed by atoms with Crippen molar-refractivity contribution in [3.63, 3.8) is 0 Å². The Morgan fingerprint density at radius 1 is 0.837 bits per heavy atom. The van der Waals surface area contributed by atoms with Crippen LogP contribution in [0.25, 0.3) is 0 Å². The molecule has 1 aliphatic heterocycles. The minimum absolute atomic E-state index is 0.113. The summed E-state index contributed by atoms with van der Waals surface area (Å²) in [7, 11) is 3.46. The monoisotopic (exact) mass is 659 g/mol. The number of carbonyl (C=O) groups excluding carboxylic acids is 1. The molecule has 1 spiro atoms. The number of benzene rings is 3. The fourth-order valence-electron chi connectivity index (χ4n) is 8.62. The predicted molar refractivity (Wildman–Crippen MR) is 197 cm³/mol. The molecule has 1 aliphatic carbocycles. The van der Waals surface area contributed by atoms with Gasteiger partial charge in [0.25, 0.3) is 0 Å². The van der Waals surface area contributed by atoms with Gasteiger partial charge < -0.3 is 14.8 Å². The van der Waals surface area contributed by atoms with E-state index >= 15 is 0 Å². The van der Waals surface area contributed by atoms with Crippen LogP contribution in [-0.4, -0.2) is 55.2 Å². The third kappa shape index (κ3) is 8.18. The van der Waals surface area contributed by atoms with Crippen molar-refractivity contribution in [2.75, 3.05) is 33.9 Å². The van der Waals surface area contributed by atoms with Gasteiger partial charge in [0.05, 0.1) is 14.2 Å². The van der Waals surface area contributed by atoms with Crippen LogP contribution in [0.3, 0.4) is 0 Å². The molecule has 49 heavy (non-hydrogen) atoms. The predicted octanol–water partition coefficient (Wildman–Crippen LogP) is 8.11. The van der Waals surface area contributed by atoms with E-state index in [2.05, 4.69) is 88.0 Å². The molecule has 0 radical (unpaired) electrons. The summed E-state index contributed by atoms with van der Waals surface area (Å²) in [5.41, 5.74) is 6.78. The molecule has 1 aromatic heterocycles. The summed E-state index contributed by atoms with van der Waals surface area (Å²) >= 11 is 0. The van der Waals surface area contributed by atoms with Crippen molar-refractivity contribution >= 4 is 5.91 Å². The van der Waals surface area contributed by atoms with Crippen LogP contribution in [0, 0.1) is 0 Å². The Hall–Kier alpha value is -4.16. The number of aromatic nitrogens is 1. The summed E-state index contributed by atoms with van der Waals surface area (Å²) in [5.74, 6) is 1.78. The lowest BCUT2D eigenvalue weighted by molar-refractivity contribution is -0.121. The van der Waals surface area contributed by atoms with Crippen molar-refractivity contribution in [1.29, 1.82) is 0 Å². The molecular formula is C43H53N3O3. The van der Waals surface area contributed by atoms with Crippen LogP contribution in [0.1, 0.15) is 85.6 Å². The Bertz CT molecular complexity index is 1590. The average Bonchev–Trinajstić information content (AvgIpc) is 3.16. The molecular weight excluding hydrogens is 606 g/mol. The molecule has 3 aromatic carbocycles. The van der Waals surface area contributed by atoms with Gasteiger partial charge in [-0.15, -0.1) is 0 Å². The summed E-state index contributed by atoms with van der Waals surface area (Å²) in [4.78, 5) is 19.7. The Kier molecular flexibility index (Phi) is 11.7. The number of nitrogens with one attached hydrogen (secondary N) is 1. The van der Waals surface area contributed by atoms with E-state index < -0.39 is 0 Å². The molecule has 4 aromatic rings. The molecule has 258 valence electrons. The molecule has 1 fully saturated rings. The number of methoxy groups -OCH3 is 2. The van der Waals surface area contributed by atoms with Crippen molar-refractivity contribution in [2.24, 2.45) is 0 Å². The van der Waals surface area contributed by atoms with Crippen LogP contribution < -0.4 is 14.8 Å². The number of aryl methyl sites for hydroxylation is 2. The van der Waals surface area contributed by atoms with Crippen molar-refractivity contribution in [2.45, 2.75) is 88.0 Å². The number of hydrogen-bond donors (Lipinski definition) is 1. The van der Waals surface area contributed by atoms with Gasteiger partial charge in [0.15, 0.2) is 11.5 Å². The molecule has 0 saturated carbocycles. The number of amides is 1. The van der Waals surface area contributed by atoms with Gasteiger partial charge in [0.2, 0.25) is 5.91 Å². The van der Waals surface area contributed by atoms with E-state index in [9.17, 15) is 4.79 Å². The minimum Gasteiger partial charge on any atom is -0.493 e. The zero-order valence-corrected chi connectivity index (χ0v) is 29.5. The van der Waals surface area contributed by atoms with Crippen molar-refractivity contribution in [3.05, 3.63) is 125 Å². The quantitative estimate of drug-likeness (QED) is 0.131. The highest BCUT2D eigenvalue weighted by Gasteiger charge is 2.42. The summed E-state index contributed by atoms with van der Waals surface area (Å²) in [6, 6.07) is 30.6. The second-order valence-electron chi connectivity index (χ2n) is 14.0. The van der Waals surface area contributed by atoms with E-state index in [0.717, 1.165) is 75.1 Å². The van der Waals surface area contributed by atoms with Gasteiger partial charge in [0.1, 0.15) is 0 Å². The number of pyridine rings is 1. The van der Waals surface area contributed by atoms with Crippen molar-refractivity contribution in [1.82, 2.24) is 15.2 Å². The van der Waals surface area contributed by atoms with Crippen LogP contribution in [0.5, 0.6) is 11.5 Å². The maximum Gasteiger partial charge on any atom is 0.220 e. The number of rotatable bonds is 15. The second-order valence-corrected chi connectivity index (χ2v) is 14.0. The van der Waals surface area contributed by atoms with Crippen LogP contribution in [-0.2, 0) is 29.5 Å². The maximum absolute atomic E-state index is 12.8. The lowest BCUT2D eigenvalue weighted by Crippen LogP contribution is -2.55. The van der Waals surface area contributed by atoms with Crippen LogP contribution in [0.2, 0.25) is 0 Å². The fraction of sp³-hybridized carbons (Fsp3) is 0.442. The van der Waals surface area contributed by atoms with Gasteiger partial charge in [-0.25, -0.2) is 0 Å². The number of hydrogen-bond acceptors (Lipinski definition) is 5. The summed E-state index contributed by atoms with van der Waals surface area (Å²) in [6.07, 6.45) is 16.0. The zero-order valence-electron chi connectivity index (χ0n) is 29.5. The highest BCUT2D eigenvalue weighted by molar-refractivity contribution is 5.76. The molecule has 2 aliphatic rings. The Balaban J connectivity index is 1.16. The van der Waals surface area contributed by atoms with Crippen LogP contribution >= 0.6 is 0 Å². The first-order valence-electron chi connectivity index (χ1n) is 18.3. The van der Waals surface area contributed by atoms with E-state index in [-0.39, 0.29) is 16.9 Å². The van der Waals surface area contributed by atoms with Gasteiger partial charge in [0, 0.05) is 36.3 Å². The molecule has 0 bridgehead atoms. The third-order valence-corrected chi connectivity index (χ3v) is 11.3. The number of fused-ring (bicyclic) bond motifs is 1. The first-order valence-corrected chi connectivity index (χ1v) is 18.3. The Labute approximate surface area is 293 Å². The molecule has 1 N–H and O–H groups in total. The number of piperidine rings is 1. The SMILES string of the molecule is COc1cc2c(cc1OC)CC1(CCCCN1CCCC(CCCNC(=O)CCc1ccncc1)(c1ccccc1)c1ccccc1)CC2. The average molecular weight is 660 g/mol. The lowest BCUT2D eigenvalue weighted by Gasteiger charge is -2.50. The van der Waals surface area contributed by atoms with Crippen molar-refractivity contribution in [3.8, 4) is 11.5 Å².